The number of aromatic nitrogens is 2. The lowest BCUT2D eigenvalue weighted by atomic mass is 10.3. The molecule has 0 aliphatic carbocycles. The molecule has 0 atom stereocenters. The second-order valence-corrected chi connectivity index (χ2v) is 6.12. The van der Waals surface area contributed by atoms with Gasteiger partial charge in [-0.2, -0.15) is 0 Å². The van der Waals surface area contributed by atoms with Gasteiger partial charge < -0.3 is 20.5 Å². The fourth-order valence-electron chi connectivity index (χ4n) is 2.74. The highest BCUT2D eigenvalue weighted by molar-refractivity contribution is 5.84. The van der Waals surface area contributed by atoms with Crippen molar-refractivity contribution in [3.05, 3.63) is 30.1 Å². The Morgan fingerprint density at radius 1 is 1.15 bits per heavy atom. The summed E-state index contributed by atoms with van der Waals surface area (Å²) < 4.78 is 2.24. The number of imidazole rings is 1. The summed E-state index contributed by atoms with van der Waals surface area (Å²) in [6.45, 7) is 9.32. The third-order valence-corrected chi connectivity index (χ3v) is 3.99. The van der Waals surface area contributed by atoms with Crippen LogP contribution in [0.4, 0.5) is 0 Å². The molecule has 0 unspecified atom stereocenters. The number of hydrogen-bond acceptors (Lipinski definition) is 3. The molecule has 7 nitrogen and oxygen atoms in total. The summed E-state index contributed by atoms with van der Waals surface area (Å²) in [6.07, 6.45) is 1.86. The molecular formula is C19H30N6O. The number of aliphatic imine (C=N–C) groups is 1. The van der Waals surface area contributed by atoms with E-state index in [1.54, 1.807) is 0 Å². The van der Waals surface area contributed by atoms with Crippen molar-refractivity contribution in [2.24, 2.45) is 4.99 Å². The number of rotatable bonds is 9. The summed E-state index contributed by atoms with van der Waals surface area (Å²) in [5.41, 5.74) is 2.20. The SMILES string of the molecule is CCCNC(=O)CN=C(NCC)NCCCn1c(C)nc2ccccc21. The van der Waals surface area contributed by atoms with Crippen LogP contribution < -0.4 is 16.0 Å². The Morgan fingerprint density at radius 2 is 1.96 bits per heavy atom. The predicted molar refractivity (Wildman–Crippen MR) is 106 cm³/mol. The van der Waals surface area contributed by atoms with Crippen LogP contribution in [0.15, 0.2) is 29.3 Å². The van der Waals surface area contributed by atoms with Crippen molar-refractivity contribution in [3.8, 4) is 0 Å². The average molecular weight is 358 g/mol. The van der Waals surface area contributed by atoms with Crippen molar-refractivity contribution < 1.29 is 4.79 Å². The largest absolute Gasteiger partial charge is 0.357 e. The van der Waals surface area contributed by atoms with Crippen LogP contribution in [-0.2, 0) is 11.3 Å². The Balaban J connectivity index is 1.83. The van der Waals surface area contributed by atoms with E-state index < -0.39 is 0 Å². The van der Waals surface area contributed by atoms with Crippen LogP contribution in [0.1, 0.15) is 32.5 Å². The highest BCUT2D eigenvalue weighted by Crippen LogP contribution is 2.15. The lowest BCUT2D eigenvalue weighted by Crippen LogP contribution is -2.39. The number of nitrogens with one attached hydrogen (secondary N) is 3. The molecule has 2 rings (SSSR count). The van der Waals surface area contributed by atoms with Gasteiger partial charge in [-0.25, -0.2) is 9.98 Å². The summed E-state index contributed by atoms with van der Waals surface area (Å²) >= 11 is 0. The first-order chi connectivity index (χ1) is 12.7. The van der Waals surface area contributed by atoms with Crippen molar-refractivity contribution in [3.63, 3.8) is 0 Å². The maximum Gasteiger partial charge on any atom is 0.241 e. The molecule has 0 bridgehead atoms. The highest BCUT2D eigenvalue weighted by atomic mass is 16.1. The minimum atomic E-state index is -0.0513. The number of carbonyl (C=O) groups excluding carboxylic acids is 1. The summed E-state index contributed by atoms with van der Waals surface area (Å²) in [7, 11) is 0. The van der Waals surface area contributed by atoms with Crippen LogP contribution in [0, 0.1) is 6.92 Å². The van der Waals surface area contributed by atoms with E-state index >= 15 is 0 Å². The maximum absolute atomic E-state index is 11.7. The van der Waals surface area contributed by atoms with E-state index in [0.717, 1.165) is 49.3 Å². The Morgan fingerprint density at radius 3 is 2.73 bits per heavy atom. The van der Waals surface area contributed by atoms with E-state index in [0.29, 0.717) is 12.5 Å². The molecular weight excluding hydrogens is 328 g/mol. The lowest BCUT2D eigenvalue weighted by molar-refractivity contribution is -0.119. The zero-order chi connectivity index (χ0) is 18.8. The Labute approximate surface area is 155 Å². The number of fused-ring (bicyclic) bond motifs is 1. The van der Waals surface area contributed by atoms with Gasteiger partial charge in [0.25, 0.3) is 0 Å². The monoisotopic (exact) mass is 358 g/mol. The van der Waals surface area contributed by atoms with E-state index in [2.05, 4.69) is 36.6 Å². The minimum Gasteiger partial charge on any atom is -0.357 e. The summed E-state index contributed by atoms with van der Waals surface area (Å²) in [6, 6.07) is 8.19. The zero-order valence-corrected chi connectivity index (χ0v) is 16.0. The molecule has 1 aromatic carbocycles. The molecule has 2 aromatic rings. The average Bonchev–Trinajstić information content (AvgIpc) is 2.96. The van der Waals surface area contributed by atoms with Gasteiger partial charge in [0, 0.05) is 26.2 Å². The molecule has 0 spiro atoms. The van der Waals surface area contributed by atoms with Gasteiger partial charge in [-0.05, 0) is 38.8 Å². The molecule has 0 fully saturated rings. The van der Waals surface area contributed by atoms with E-state index in [1.807, 2.05) is 39.0 Å². The van der Waals surface area contributed by atoms with Crippen molar-refractivity contribution in [2.45, 2.75) is 40.2 Å². The summed E-state index contributed by atoms with van der Waals surface area (Å²) in [4.78, 5) is 20.6. The molecule has 0 saturated heterocycles. The van der Waals surface area contributed by atoms with Crippen LogP contribution in [0.25, 0.3) is 11.0 Å². The summed E-state index contributed by atoms with van der Waals surface area (Å²) in [5, 5.41) is 9.28. The molecule has 7 heteroatoms. The van der Waals surface area contributed by atoms with Crippen LogP contribution in [0.2, 0.25) is 0 Å². The number of aryl methyl sites for hydroxylation is 2. The van der Waals surface area contributed by atoms with Gasteiger partial charge in [0.05, 0.1) is 11.0 Å². The number of hydrogen-bond donors (Lipinski definition) is 3. The van der Waals surface area contributed by atoms with Gasteiger partial charge in [0.1, 0.15) is 12.4 Å². The molecule has 1 aromatic heterocycles. The Hall–Kier alpha value is -2.57. The van der Waals surface area contributed by atoms with E-state index in [1.165, 1.54) is 0 Å². The smallest absolute Gasteiger partial charge is 0.241 e. The fourth-order valence-corrected chi connectivity index (χ4v) is 2.74. The number of carbonyl (C=O) groups is 1. The highest BCUT2D eigenvalue weighted by Gasteiger charge is 2.06. The van der Waals surface area contributed by atoms with Gasteiger partial charge >= 0.3 is 0 Å². The molecule has 26 heavy (non-hydrogen) atoms. The molecule has 0 saturated carbocycles. The van der Waals surface area contributed by atoms with E-state index in [-0.39, 0.29) is 12.5 Å². The number of nitrogens with zero attached hydrogens (tertiary/aromatic N) is 3. The molecule has 0 radical (unpaired) electrons. The van der Waals surface area contributed by atoms with Gasteiger partial charge in [-0.1, -0.05) is 19.1 Å². The van der Waals surface area contributed by atoms with Crippen LogP contribution >= 0.6 is 0 Å². The lowest BCUT2D eigenvalue weighted by Gasteiger charge is -2.12. The first-order valence-electron chi connectivity index (χ1n) is 9.36. The Bertz CT molecular complexity index is 737. The molecule has 142 valence electrons. The standard InChI is InChI=1S/C19H30N6O/c1-4-11-21-18(26)14-23-19(20-5-2)22-12-8-13-25-15(3)24-16-9-6-7-10-17(16)25/h6-7,9-10H,4-5,8,11-14H2,1-3H3,(H,21,26)(H2,20,22,23). The van der Waals surface area contributed by atoms with E-state index in [4.69, 9.17) is 0 Å². The molecule has 1 heterocycles. The molecule has 0 aliphatic rings. The van der Waals surface area contributed by atoms with Gasteiger partial charge in [0.15, 0.2) is 5.96 Å². The third-order valence-electron chi connectivity index (χ3n) is 3.99. The minimum absolute atomic E-state index is 0.0513. The van der Waals surface area contributed by atoms with Gasteiger partial charge in [0.2, 0.25) is 5.91 Å². The quantitative estimate of drug-likeness (QED) is 0.363. The van der Waals surface area contributed by atoms with Crippen molar-refractivity contribution in [1.29, 1.82) is 0 Å². The number of benzene rings is 1. The van der Waals surface area contributed by atoms with Gasteiger partial charge in [-0.3, -0.25) is 4.79 Å². The van der Waals surface area contributed by atoms with Crippen molar-refractivity contribution in [2.75, 3.05) is 26.2 Å². The first kappa shape index (κ1) is 19.8. The van der Waals surface area contributed by atoms with Crippen molar-refractivity contribution in [1.82, 2.24) is 25.5 Å². The molecule has 3 N–H and O–H groups in total. The number of amides is 1. The number of para-hydroxylation sites is 2. The maximum atomic E-state index is 11.7. The topological polar surface area (TPSA) is 83.3 Å². The van der Waals surface area contributed by atoms with Crippen LogP contribution in [-0.4, -0.2) is 47.6 Å². The van der Waals surface area contributed by atoms with Crippen LogP contribution in [0.3, 0.4) is 0 Å². The third kappa shape index (κ3) is 5.75. The summed E-state index contributed by atoms with van der Waals surface area (Å²) in [5.74, 6) is 1.65. The second-order valence-electron chi connectivity index (χ2n) is 6.12. The number of guanidine groups is 1. The van der Waals surface area contributed by atoms with Crippen molar-refractivity contribution >= 4 is 22.9 Å². The van der Waals surface area contributed by atoms with E-state index in [9.17, 15) is 4.79 Å². The normalized spacial score (nSPS) is 11.6. The van der Waals surface area contributed by atoms with Gasteiger partial charge in [-0.15, -0.1) is 0 Å². The van der Waals surface area contributed by atoms with Crippen LogP contribution in [0.5, 0.6) is 0 Å². The molecule has 0 aliphatic heterocycles. The molecule has 1 amide bonds. The second kappa shape index (κ2) is 10.4. The first-order valence-corrected chi connectivity index (χ1v) is 9.36. The fraction of sp³-hybridized carbons (Fsp3) is 0.526. The predicted octanol–water partition coefficient (Wildman–Crippen LogP) is 1.82. The zero-order valence-electron chi connectivity index (χ0n) is 16.0. The Kier molecular flexibility index (Phi) is 7.92.